The number of ketones is 1. The summed E-state index contributed by atoms with van der Waals surface area (Å²) < 4.78 is 19.7. The van der Waals surface area contributed by atoms with Gasteiger partial charge in [-0.2, -0.15) is 0 Å². The molecular formula is C17H14BrFO2. The third-order valence-corrected chi connectivity index (χ3v) is 4.38. The third kappa shape index (κ3) is 3.06. The van der Waals surface area contributed by atoms with Gasteiger partial charge >= 0.3 is 0 Å². The summed E-state index contributed by atoms with van der Waals surface area (Å²) in [5.74, 6) is -0.533. The maximum atomic E-state index is 13.3. The van der Waals surface area contributed by atoms with Crippen LogP contribution in [0.15, 0.2) is 46.9 Å². The summed E-state index contributed by atoms with van der Waals surface area (Å²) in [6.07, 6.45) is 0.835. The summed E-state index contributed by atoms with van der Waals surface area (Å²) in [5.41, 5.74) is 2.64. The van der Waals surface area contributed by atoms with Crippen molar-refractivity contribution in [3.05, 3.63) is 69.4 Å². The Morgan fingerprint density at radius 2 is 2.10 bits per heavy atom. The molecule has 0 N–H and O–H groups in total. The standard InChI is InChI=1S/C17H14BrFO2/c18-15-6-5-12(19)9-14(15)16(20)10-17-13-4-2-1-3-11(13)7-8-21-17/h1-6,9,17H,7-8,10H2. The SMILES string of the molecule is O=C(CC1OCCc2ccccc21)c1cc(F)ccc1Br. The average molecular weight is 349 g/mol. The van der Waals surface area contributed by atoms with E-state index in [1.807, 2.05) is 18.2 Å². The second-order valence-electron chi connectivity index (χ2n) is 5.06. The molecule has 2 aromatic carbocycles. The van der Waals surface area contributed by atoms with E-state index in [1.165, 1.54) is 17.7 Å². The zero-order valence-corrected chi connectivity index (χ0v) is 12.9. The molecule has 1 heterocycles. The summed E-state index contributed by atoms with van der Waals surface area (Å²) in [6, 6.07) is 12.1. The van der Waals surface area contributed by atoms with E-state index in [1.54, 1.807) is 6.07 Å². The minimum atomic E-state index is -0.411. The number of carbonyl (C=O) groups is 1. The van der Waals surface area contributed by atoms with Gasteiger partial charge in [-0.3, -0.25) is 4.79 Å². The normalized spacial score (nSPS) is 17.3. The number of Topliss-reactive ketones (excluding diaryl/α,β-unsaturated/α-hetero) is 1. The van der Waals surface area contributed by atoms with Crippen LogP contribution in [-0.4, -0.2) is 12.4 Å². The molecule has 1 atom stereocenters. The predicted molar refractivity (Wildman–Crippen MR) is 81.9 cm³/mol. The first-order valence-electron chi connectivity index (χ1n) is 6.83. The van der Waals surface area contributed by atoms with Gasteiger partial charge in [0, 0.05) is 16.5 Å². The minimum absolute atomic E-state index is 0.122. The lowest BCUT2D eigenvalue weighted by Gasteiger charge is -2.25. The number of halogens is 2. The van der Waals surface area contributed by atoms with Crippen LogP contribution in [-0.2, 0) is 11.2 Å². The molecule has 0 amide bonds. The van der Waals surface area contributed by atoms with E-state index in [0.717, 1.165) is 12.0 Å². The first kappa shape index (κ1) is 14.4. The smallest absolute Gasteiger partial charge is 0.167 e. The van der Waals surface area contributed by atoms with E-state index in [-0.39, 0.29) is 18.3 Å². The molecule has 0 fully saturated rings. The second-order valence-corrected chi connectivity index (χ2v) is 5.91. The van der Waals surface area contributed by atoms with Gasteiger partial charge in [0.15, 0.2) is 5.78 Å². The van der Waals surface area contributed by atoms with Crippen LogP contribution in [0.1, 0.15) is 34.0 Å². The van der Waals surface area contributed by atoms with Gasteiger partial charge < -0.3 is 4.74 Å². The molecule has 0 aromatic heterocycles. The highest BCUT2D eigenvalue weighted by molar-refractivity contribution is 9.10. The molecule has 0 saturated heterocycles. The van der Waals surface area contributed by atoms with Gasteiger partial charge in [0.1, 0.15) is 5.82 Å². The van der Waals surface area contributed by atoms with Crippen molar-refractivity contribution in [1.82, 2.24) is 0 Å². The Bertz CT molecular complexity index is 684. The fourth-order valence-electron chi connectivity index (χ4n) is 2.64. The van der Waals surface area contributed by atoms with Crippen LogP contribution in [0.2, 0.25) is 0 Å². The van der Waals surface area contributed by atoms with Gasteiger partial charge in [-0.15, -0.1) is 0 Å². The fourth-order valence-corrected chi connectivity index (χ4v) is 3.10. The zero-order valence-electron chi connectivity index (χ0n) is 11.3. The number of carbonyl (C=O) groups excluding carboxylic acids is 1. The summed E-state index contributed by atoms with van der Waals surface area (Å²) in [7, 11) is 0. The topological polar surface area (TPSA) is 26.3 Å². The van der Waals surface area contributed by atoms with Crippen molar-refractivity contribution in [1.29, 1.82) is 0 Å². The number of hydrogen-bond acceptors (Lipinski definition) is 2. The highest BCUT2D eigenvalue weighted by atomic mass is 79.9. The fraction of sp³-hybridized carbons (Fsp3) is 0.235. The van der Waals surface area contributed by atoms with Crippen molar-refractivity contribution >= 4 is 21.7 Å². The highest BCUT2D eigenvalue weighted by Gasteiger charge is 2.24. The molecule has 0 radical (unpaired) electrons. The van der Waals surface area contributed by atoms with E-state index in [2.05, 4.69) is 22.0 Å². The molecule has 2 nitrogen and oxygen atoms in total. The summed E-state index contributed by atoms with van der Waals surface area (Å²) in [6.45, 7) is 0.610. The highest BCUT2D eigenvalue weighted by Crippen LogP contribution is 2.31. The van der Waals surface area contributed by atoms with Gasteiger partial charge in [0.25, 0.3) is 0 Å². The monoisotopic (exact) mass is 348 g/mol. The Kier molecular flexibility index (Phi) is 4.17. The molecule has 0 saturated carbocycles. The Balaban J connectivity index is 1.84. The number of rotatable bonds is 3. The Hall–Kier alpha value is -1.52. The molecule has 3 rings (SSSR count). The number of ether oxygens (including phenoxy) is 1. The van der Waals surface area contributed by atoms with Crippen LogP contribution in [0.4, 0.5) is 4.39 Å². The van der Waals surface area contributed by atoms with Crippen molar-refractivity contribution in [2.45, 2.75) is 18.9 Å². The molecular weight excluding hydrogens is 335 g/mol. The average Bonchev–Trinajstić information content (AvgIpc) is 2.50. The molecule has 0 spiro atoms. The zero-order chi connectivity index (χ0) is 14.8. The molecule has 1 aliphatic rings. The van der Waals surface area contributed by atoms with Crippen LogP contribution in [0.3, 0.4) is 0 Å². The second kappa shape index (κ2) is 6.08. The van der Waals surface area contributed by atoms with E-state index >= 15 is 0 Å². The van der Waals surface area contributed by atoms with Gasteiger partial charge in [0.05, 0.1) is 12.7 Å². The quantitative estimate of drug-likeness (QED) is 0.764. The minimum Gasteiger partial charge on any atom is -0.373 e. The summed E-state index contributed by atoms with van der Waals surface area (Å²) >= 11 is 3.30. The molecule has 0 aliphatic carbocycles. The van der Waals surface area contributed by atoms with Crippen LogP contribution in [0.25, 0.3) is 0 Å². The van der Waals surface area contributed by atoms with E-state index in [9.17, 15) is 9.18 Å². The molecule has 21 heavy (non-hydrogen) atoms. The molecule has 0 bridgehead atoms. The lowest BCUT2D eigenvalue weighted by Crippen LogP contribution is -2.19. The Morgan fingerprint density at radius 1 is 1.29 bits per heavy atom. The summed E-state index contributed by atoms with van der Waals surface area (Å²) in [4.78, 5) is 12.4. The van der Waals surface area contributed by atoms with Gasteiger partial charge in [-0.05, 0) is 35.7 Å². The van der Waals surface area contributed by atoms with Crippen molar-refractivity contribution in [3.8, 4) is 0 Å². The Labute approximate surface area is 131 Å². The molecule has 108 valence electrons. The van der Waals surface area contributed by atoms with Crippen molar-refractivity contribution in [2.75, 3.05) is 6.61 Å². The van der Waals surface area contributed by atoms with Gasteiger partial charge in [-0.1, -0.05) is 40.2 Å². The van der Waals surface area contributed by atoms with E-state index in [4.69, 9.17) is 4.74 Å². The number of fused-ring (bicyclic) bond motifs is 1. The van der Waals surface area contributed by atoms with Crippen molar-refractivity contribution in [2.24, 2.45) is 0 Å². The molecule has 4 heteroatoms. The molecule has 1 unspecified atom stereocenters. The van der Waals surface area contributed by atoms with Crippen LogP contribution >= 0.6 is 15.9 Å². The first-order chi connectivity index (χ1) is 10.1. The van der Waals surface area contributed by atoms with Gasteiger partial charge in [0.2, 0.25) is 0 Å². The van der Waals surface area contributed by atoms with Crippen molar-refractivity contribution in [3.63, 3.8) is 0 Å². The number of hydrogen-bond donors (Lipinski definition) is 0. The third-order valence-electron chi connectivity index (χ3n) is 3.69. The van der Waals surface area contributed by atoms with E-state index < -0.39 is 5.82 Å². The predicted octanol–water partition coefficient (Wildman–Crippen LogP) is 4.48. The first-order valence-corrected chi connectivity index (χ1v) is 7.62. The van der Waals surface area contributed by atoms with Crippen LogP contribution < -0.4 is 0 Å². The van der Waals surface area contributed by atoms with Crippen molar-refractivity contribution < 1.29 is 13.9 Å². The molecule has 1 aliphatic heterocycles. The lowest BCUT2D eigenvalue weighted by molar-refractivity contribution is 0.0351. The van der Waals surface area contributed by atoms with Crippen LogP contribution in [0.5, 0.6) is 0 Å². The maximum Gasteiger partial charge on any atom is 0.167 e. The van der Waals surface area contributed by atoms with Gasteiger partial charge in [-0.25, -0.2) is 4.39 Å². The largest absolute Gasteiger partial charge is 0.373 e. The Morgan fingerprint density at radius 3 is 2.95 bits per heavy atom. The summed E-state index contributed by atoms with van der Waals surface area (Å²) in [5, 5.41) is 0. The van der Waals surface area contributed by atoms with E-state index in [0.29, 0.717) is 16.6 Å². The maximum absolute atomic E-state index is 13.3. The number of benzene rings is 2. The lowest BCUT2D eigenvalue weighted by atomic mass is 9.93. The van der Waals surface area contributed by atoms with Crippen LogP contribution in [0, 0.1) is 5.82 Å². The molecule has 2 aromatic rings.